The summed E-state index contributed by atoms with van der Waals surface area (Å²) in [5, 5.41) is 21.7. The number of likely N-dealkylation sites (tertiary alicyclic amines) is 1. The average molecular weight is 505 g/mol. The van der Waals surface area contributed by atoms with Crippen LogP contribution in [0, 0.1) is 10.8 Å². The molecule has 0 radical (unpaired) electrons. The van der Waals surface area contributed by atoms with Crippen molar-refractivity contribution < 1.29 is 27.9 Å². The number of aliphatic hydroxyl groups is 1. The van der Waals surface area contributed by atoms with Crippen molar-refractivity contribution in [3.8, 4) is 0 Å². The molecule has 1 aliphatic carbocycles. The number of amides is 2. The fraction of sp³-hybridized carbons (Fsp3) is 0.615. The zero-order valence-corrected chi connectivity index (χ0v) is 21.2. The van der Waals surface area contributed by atoms with Gasteiger partial charge in [0.2, 0.25) is 11.8 Å². The summed E-state index contributed by atoms with van der Waals surface area (Å²) in [6, 6.07) is 7.80. The van der Waals surface area contributed by atoms with Crippen LogP contribution < -0.4 is 5.32 Å². The highest BCUT2D eigenvalue weighted by Gasteiger charge is 2.65. The van der Waals surface area contributed by atoms with E-state index in [4.69, 9.17) is 4.42 Å². The van der Waals surface area contributed by atoms with Gasteiger partial charge in [-0.05, 0) is 55.1 Å². The number of halogens is 2. The second-order valence-electron chi connectivity index (χ2n) is 11.7. The SMILES string of the molecule is CC1(C)CC(C)(C)CC(O)(C(F)(F)C(=O)N2CCC[C@H]2c2nnc(CNC(=O)c3ccccc3)o2)C1. The Morgan fingerprint density at radius 1 is 1.11 bits per heavy atom. The van der Waals surface area contributed by atoms with Crippen molar-refractivity contribution in [3.63, 3.8) is 0 Å². The summed E-state index contributed by atoms with van der Waals surface area (Å²) in [5.41, 5.74) is -3.07. The predicted octanol–water partition coefficient (Wildman–Crippen LogP) is 4.27. The van der Waals surface area contributed by atoms with Gasteiger partial charge in [0.05, 0.1) is 6.54 Å². The number of nitrogens with zero attached hydrogens (tertiary/aromatic N) is 3. The van der Waals surface area contributed by atoms with Crippen LogP contribution in [0.3, 0.4) is 0 Å². The topological polar surface area (TPSA) is 109 Å². The number of rotatable bonds is 6. The van der Waals surface area contributed by atoms with Gasteiger partial charge in [-0.15, -0.1) is 10.2 Å². The van der Waals surface area contributed by atoms with Crippen LogP contribution in [0.15, 0.2) is 34.7 Å². The lowest BCUT2D eigenvalue weighted by molar-refractivity contribution is -0.231. The van der Waals surface area contributed by atoms with Crippen molar-refractivity contribution in [2.45, 2.75) is 83.9 Å². The molecule has 2 heterocycles. The van der Waals surface area contributed by atoms with E-state index in [0.717, 1.165) is 4.90 Å². The molecule has 0 bridgehead atoms. The Kier molecular flexibility index (Phi) is 6.70. The molecule has 1 atom stereocenters. The Hall–Kier alpha value is -2.88. The van der Waals surface area contributed by atoms with Crippen molar-refractivity contribution in [1.29, 1.82) is 0 Å². The number of hydrogen-bond donors (Lipinski definition) is 2. The van der Waals surface area contributed by atoms with Crippen LogP contribution >= 0.6 is 0 Å². The van der Waals surface area contributed by atoms with E-state index in [2.05, 4.69) is 15.5 Å². The molecular weight excluding hydrogens is 470 g/mol. The third-order valence-electron chi connectivity index (χ3n) is 7.07. The Labute approximate surface area is 209 Å². The molecule has 2 amide bonds. The Morgan fingerprint density at radius 2 is 1.75 bits per heavy atom. The molecule has 2 fully saturated rings. The van der Waals surface area contributed by atoms with E-state index in [1.165, 1.54) is 0 Å². The molecule has 36 heavy (non-hydrogen) atoms. The number of carbonyl (C=O) groups excluding carboxylic acids is 2. The minimum atomic E-state index is -3.98. The van der Waals surface area contributed by atoms with Crippen LogP contribution in [0.1, 0.15) is 88.0 Å². The summed E-state index contributed by atoms with van der Waals surface area (Å²) in [6.45, 7) is 7.43. The molecule has 2 N–H and O–H groups in total. The number of carbonyl (C=O) groups is 2. The van der Waals surface area contributed by atoms with Gasteiger partial charge in [0.1, 0.15) is 11.6 Å². The standard InChI is InChI=1S/C26H34F2N4O4/c1-23(2)14-24(3,4)16-25(35,15-23)26(27,28)22(34)32-12-8-11-18(32)21-31-30-19(36-21)13-29-20(33)17-9-6-5-7-10-17/h5-7,9-10,18,35H,8,11-16H2,1-4H3,(H,29,33)/t18-/m0/s1. The molecule has 1 saturated heterocycles. The molecule has 1 aromatic carbocycles. The fourth-order valence-corrected chi connectivity index (χ4v) is 6.25. The van der Waals surface area contributed by atoms with Crippen molar-refractivity contribution in [3.05, 3.63) is 47.7 Å². The summed E-state index contributed by atoms with van der Waals surface area (Å²) in [5.74, 6) is -5.57. The van der Waals surface area contributed by atoms with Crippen molar-refractivity contribution >= 4 is 11.8 Å². The highest BCUT2D eigenvalue weighted by Crippen LogP contribution is 2.55. The maximum absolute atomic E-state index is 15.7. The maximum Gasteiger partial charge on any atom is 0.352 e. The molecule has 1 saturated carbocycles. The first-order valence-electron chi connectivity index (χ1n) is 12.3. The smallest absolute Gasteiger partial charge is 0.352 e. The molecular formula is C26H34F2N4O4. The van der Waals surface area contributed by atoms with Crippen LogP contribution in [0.5, 0.6) is 0 Å². The molecule has 1 aliphatic heterocycles. The van der Waals surface area contributed by atoms with Crippen LogP contribution in [0.25, 0.3) is 0 Å². The van der Waals surface area contributed by atoms with E-state index in [-0.39, 0.29) is 43.6 Å². The first-order valence-corrected chi connectivity index (χ1v) is 12.3. The predicted molar refractivity (Wildman–Crippen MR) is 127 cm³/mol. The lowest BCUT2D eigenvalue weighted by Crippen LogP contribution is -2.62. The van der Waals surface area contributed by atoms with Crippen molar-refractivity contribution in [2.75, 3.05) is 6.54 Å². The number of benzene rings is 1. The lowest BCUT2D eigenvalue weighted by Gasteiger charge is -2.51. The van der Waals surface area contributed by atoms with Crippen LogP contribution in [0.4, 0.5) is 8.78 Å². The molecule has 4 rings (SSSR count). The molecule has 1 aromatic heterocycles. The second kappa shape index (κ2) is 9.21. The summed E-state index contributed by atoms with van der Waals surface area (Å²) in [4.78, 5) is 26.5. The Balaban J connectivity index is 1.48. The Morgan fingerprint density at radius 3 is 2.39 bits per heavy atom. The summed E-state index contributed by atoms with van der Waals surface area (Å²) in [6.07, 6.45) is 1.20. The highest BCUT2D eigenvalue weighted by molar-refractivity contribution is 5.94. The third kappa shape index (κ3) is 5.14. The van der Waals surface area contributed by atoms with E-state index in [1.54, 1.807) is 30.3 Å². The highest BCUT2D eigenvalue weighted by atomic mass is 19.3. The van der Waals surface area contributed by atoms with E-state index in [0.29, 0.717) is 24.8 Å². The minimum Gasteiger partial charge on any atom is -0.421 e. The van der Waals surface area contributed by atoms with E-state index >= 15 is 8.78 Å². The van der Waals surface area contributed by atoms with E-state index < -0.39 is 34.3 Å². The summed E-state index contributed by atoms with van der Waals surface area (Å²) < 4.78 is 37.1. The van der Waals surface area contributed by atoms with Gasteiger partial charge in [0.25, 0.3) is 11.8 Å². The van der Waals surface area contributed by atoms with Crippen LogP contribution in [-0.2, 0) is 11.3 Å². The number of nitrogens with one attached hydrogen (secondary N) is 1. The first kappa shape index (κ1) is 26.2. The molecule has 0 spiro atoms. The monoisotopic (exact) mass is 504 g/mol. The molecule has 10 heteroatoms. The molecule has 8 nitrogen and oxygen atoms in total. The average Bonchev–Trinajstić information content (AvgIpc) is 3.44. The zero-order chi connectivity index (χ0) is 26.4. The lowest BCUT2D eigenvalue weighted by atomic mass is 9.58. The Bertz CT molecular complexity index is 1100. The van der Waals surface area contributed by atoms with Gasteiger partial charge in [-0.2, -0.15) is 8.78 Å². The molecule has 0 unspecified atom stereocenters. The summed E-state index contributed by atoms with van der Waals surface area (Å²) >= 11 is 0. The quantitative estimate of drug-likeness (QED) is 0.608. The number of hydrogen-bond acceptors (Lipinski definition) is 6. The van der Waals surface area contributed by atoms with E-state index in [1.807, 2.05) is 27.7 Å². The first-order chi connectivity index (χ1) is 16.7. The molecule has 2 aromatic rings. The van der Waals surface area contributed by atoms with Crippen LogP contribution in [-0.4, -0.2) is 50.1 Å². The van der Waals surface area contributed by atoms with Crippen molar-refractivity contribution in [1.82, 2.24) is 20.4 Å². The van der Waals surface area contributed by atoms with Crippen molar-refractivity contribution in [2.24, 2.45) is 10.8 Å². The number of alkyl halides is 2. The largest absolute Gasteiger partial charge is 0.421 e. The summed E-state index contributed by atoms with van der Waals surface area (Å²) in [7, 11) is 0. The van der Waals surface area contributed by atoms with Gasteiger partial charge in [0, 0.05) is 12.1 Å². The van der Waals surface area contributed by atoms with Gasteiger partial charge in [0.15, 0.2) is 0 Å². The molecule has 2 aliphatic rings. The third-order valence-corrected chi connectivity index (χ3v) is 7.07. The van der Waals surface area contributed by atoms with Gasteiger partial charge in [-0.25, -0.2) is 0 Å². The van der Waals surface area contributed by atoms with Crippen LogP contribution in [0.2, 0.25) is 0 Å². The normalized spacial score (nSPS) is 22.9. The minimum absolute atomic E-state index is 0.0388. The fourth-order valence-electron chi connectivity index (χ4n) is 6.25. The van der Waals surface area contributed by atoms with Gasteiger partial charge in [-0.1, -0.05) is 45.9 Å². The van der Waals surface area contributed by atoms with Gasteiger partial charge >= 0.3 is 5.92 Å². The maximum atomic E-state index is 15.7. The second-order valence-corrected chi connectivity index (χ2v) is 11.7. The number of aromatic nitrogens is 2. The van der Waals surface area contributed by atoms with Gasteiger partial charge < -0.3 is 19.7 Å². The van der Waals surface area contributed by atoms with E-state index in [9.17, 15) is 14.7 Å². The van der Waals surface area contributed by atoms with Gasteiger partial charge in [-0.3, -0.25) is 9.59 Å². The molecule has 196 valence electrons. The zero-order valence-electron chi connectivity index (χ0n) is 21.2.